The number of pyridine rings is 1. The van der Waals surface area contributed by atoms with Gasteiger partial charge in [-0.15, -0.1) is 0 Å². The van der Waals surface area contributed by atoms with Crippen molar-refractivity contribution in [2.75, 3.05) is 11.1 Å². The molecule has 1 amide bonds. The number of nitrogens with one attached hydrogen (secondary N) is 1. The molecule has 0 spiro atoms. The van der Waals surface area contributed by atoms with Crippen LogP contribution in [0.4, 0.5) is 33.6 Å². The van der Waals surface area contributed by atoms with Crippen molar-refractivity contribution in [2.24, 2.45) is 0 Å². The number of nitrogen functional groups attached to an aromatic ring is 1. The molecule has 14 heteroatoms. The zero-order chi connectivity index (χ0) is 26.8. The molecule has 1 atom stereocenters. The molecule has 0 saturated heterocycles. The van der Waals surface area contributed by atoms with Gasteiger partial charge in [-0.3, -0.25) is 9.78 Å². The van der Waals surface area contributed by atoms with Crippen LogP contribution in [-0.4, -0.2) is 42.7 Å². The number of halogens is 6. The second-order valence-corrected chi connectivity index (χ2v) is 9.09. The molecule has 0 fully saturated rings. The summed E-state index contributed by atoms with van der Waals surface area (Å²) >= 11 is 6.05. The molecule has 1 aliphatic rings. The third-order valence-corrected chi connectivity index (χ3v) is 6.52. The molecule has 3 N–H and O–H groups in total. The highest BCUT2D eigenvalue weighted by Gasteiger charge is 2.56. The summed E-state index contributed by atoms with van der Waals surface area (Å²) in [5, 5.41) is 7.36. The lowest BCUT2D eigenvalue weighted by Crippen LogP contribution is -2.36. The van der Waals surface area contributed by atoms with Crippen LogP contribution in [0.5, 0.6) is 0 Å². The van der Waals surface area contributed by atoms with Crippen LogP contribution in [0.25, 0.3) is 16.9 Å². The maximum absolute atomic E-state index is 13.6. The van der Waals surface area contributed by atoms with Crippen molar-refractivity contribution < 1.29 is 26.7 Å². The molecule has 8 nitrogen and oxygen atoms in total. The van der Waals surface area contributed by atoms with Crippen molar-refractivity contribution in [3.63, 3.8) is 0 Å². The number of fused-ring (bicyclic) bond motifs is 2. The number of aryl methyl sites for hydroxylation is 1. The van der Waals surface area contributed by atoms with Crippen molar-refractivity contribution in [1.82, 2.24) is 24.7 Å². The number of benzene rings is 1. The summed E-state index contributed by atoms with van der Waals surface area (Å²) in [6.45, 7) is 1.63. The number of carbonyl (C=O) groups excluding carboxylic acids is 1. The molecule has 4 heterocycles. The summed E-state index contributed by atoms with van der Waals surface area (Å²) in [5.74, 6) is -5.43. The standard InChI is InChI=1S/C23H17ClF5N7O/c1-21(15-4-2-3-9-31-15)16-17(30)32-20(34-18(16)33-19(21)37)36-14-6-5-11(24)10-12(14)13(35-36)7-8-22(25,26)23(27,28)29/h2-6,9-10H,7-8H2,1H3,(H3,30,32,33,34,37). The summed E-state index contributed by atoms with van der Waals surface area (Å²) < 4.78 is 66.5. The largest absolute Gasteiger partial charge is 0.453 e. The lowest BCUT2D eigenvalue weighted by Gasteiger charge is -2.22. The molecule has 192 valence electrons. The molecule has 1 aromatic carbocycles. The number of carbonyl (C=O) groups is 1. The lowest BCUT2D eigenvalue weighted by molar-refractivity contribution is -0.284. The number of amides is 1. The van der Waals surface area contributed by atoms with E-state index in [4.69, 9.17) is 17.3 Å². The van der Waals surface area contributed by atoms with E-state index in [1.54, 1.807) is 25.1 Å². The highest BCUT2D eigenvalue weighted by molar-refractivity contribution is 6.31. The third kappa shape index (κ3) is 3.93. The fourth-order valence-electron chi connectivity index (χ4n) is 4.30. The van der Waals surface area contributed by atoms with Crippen LogP contribution in [0.2, 0.25) is 5.02 Å². The van der Waals surface area contributed by atoms with Crippen molar-refractivity contribution in [3.8, 4) is 5.95 Å². The molecule has 0 bridgehead atoms. The Morgan fingerprint density at radius 3 is 2.57 bits per heavy atom. The minimum atomic E-state index is -5.70. The summed E-state index contributed by atoms with van der Waals surface area (Å²) in [5.41, 5.74) is 5.93. The summed E-state index contributed by atoms with van der Waals surface area (Å²) in [7, 11) is 0. The van der Waals surface area contributed by atoms with E-state index in [0.717, 1.165) is 4.68 Å². The number of hydrogen-bond acceptors (Lipinski definition) is 6. The minimum absolute atomic E-state index is 0.0609. The van der Waals surface area contributed by atoms with Gasteiger partial charge in [-0.05, 0) is 43.7 Å². The van der Waals surface area contributed by atoms with E-state index >= 15 is 0 Å². The van der Waals surface area contributed by atoms with Crippen LogP contribution in [0, 0.1) is 0 Å². The van der Waals surface area contributed by atoms with E-state index in [1.807, 2.05) is 0 Å². The van der Waals surface area contributed by atoms with Gasteiger partial charge in [0.05, 0.1) is 22.5 Å². The van der Waals surface area contributed by atoms with Crippen molar-refractivity contribution in [2.45, 2.75) is 37.3 Å². The van der Waals surface area contributed by atoms with Crippen LogP contribution >= 0.6 is 11.6 Å². The lowest BCUT2D eigenvalue weighted by atomic mass is 9.81. The Bertz CT molecular complexity index is 1540. The number of rotatable bonds is 5. The third-order valence-electron chi connectivity index (χ3n) is 6.29. The quantitative estimate of drug-likeness (QED) is 0.353. The molecular formula is C23H17ClF5N7O. The maximum atomic E-state index is 13.6. The van der Waals surface area contributed by atoms with Crippen LogP contribution in [0.3, 0.4) is 0 Å². The van der Waals surface area contributed by atoms with E-state index in [0.29, 0.717) is 16.8 Å². The van der Waals surface area contributed by atoms with E-state index in [-0.39, 0.29) is 33.7 Å². The van der Waals surface area contributed by atoms with Crippen LogP contribution in [0.1, 0.15) is 30.3 Å². The van der Waals surface area contributed by atoms with Crippen molar-refractivity contribution >= 4 is 40.0 Å². The first-order chi connectivity index (χ1) is 17.3. The van der Waals surface area contributed by atoms with Gasteiger partial charge in [-0.2, -0.15) is 41.7 Å². The topological polar surface area (TPSA) is 112 Å². The second kappa shape index (κ2) is 8.33. The minimum Gasteiger partial charge on any atom is -0.383 e. The number of hydrogen-bond donors (Lipinski definition) is 2. The van der Waals surface area contributed by atoms with Crippen molar-refractivity contribution in [3.05, 3.63) is 64.6 Å². The molecule has 3 aromatic heterocycles. The monoisotopic (exact) mass is 537 g/mol. The molecule has 0 saturated carbocycles. The number of alkyl halides is 5. The average Bonchev–Trinajstić information content (AvgIpc) is 3.32. The molecular weight excluding hydrogens is 521 g/mol. The normalized spacial score (nSPS) is 17.8. The Hall–Kier alpha value is -3.87. The van der Waals surface area contributed by atoms with Gasteiger partial charge in [0.2, 0.25) is 5.91 Å². The molecule has 1 unspecified atom stereocenters. The molecule has 4 aromatic rings. The van der Waals surface area contributed by atoms with Gasteiger partial charge in [-0.1, -0.05) is 17.7 Å². The fraction of sp³-hybridized carbons (Fsp3) is 0.261. The van der Waals surface area contributed by atoms with E-state index in [2.05, 4.69) is 25.4 Å². The Labute approximate surface area is 210 Å². The van der Waals surface area contributed by atoms with E-state index in [1.165, 1.54) is 24.4 Å². The first-order valence-corrected chi connectivity index (χ1v) is 11.2. The van der Waals surface area contributed by atoms with Gasteiger partial charge >= 0.3 is 12.1 Å². The maximum Gasteiger partial charge on any atom is 0.453 e. The van der Waals surface area contributed by atoms with E-state index < -0.39 is 36.3 Å². The van der Waals surface area contributed by atoms with Crippen molar-refractivity contribution in [1.29, 1.82) is 0 Å². The zero-order valence-electron chi connectivity index (χ0n) is 18.9. The number of nitrogens with zero attached hydrogens (tertiary/aromatic N) is 5. The number of anilines is 2. The Balaban J connectivity index is 1.61. The molecule has 37 heavy (non-hydrogen) atoms. The van der Waals surface area contributed by atoms with E-state index in [9.17, 15) is 26.7 Å². The van der Waals surface area contributed by atoms with Gasteiger partial charge < -0.3 is 11.1 Å². The SMILES string of the molecule is CC1(c2ccccn2)C(=O)Nc2nc(-n3nc(CCC(F)(F)C(F)(F)F)c4cc(Cl)ccc43)nc(N)c21. The zero-order valence-corrected chi connectivity index (χ0v) is 19.7. The van der Waals surface area contributed by atoms with Crippen LogP contribution in [-0.2, 0) is 16.6 Å². The van der Waals surface area contributed by atoms with Crippen LogP contribution in [0.15, 0.2) is 42.6 Å². The highest BCUT2D eigenvalue weighted by Crippen LogP contribution is 2.44. The highest BCUT2D eigenvalue weighted by atomic mass is 35.5. The predicted octanol–water partition coefficient (Wildman–Crippen LogP) is 4.83. The smallest absolute Gasteiger partial charge is 0.383 e. The van der Waals surface area contributed by atoms with Gasteiger partial charge in [0.1, 0.15) is 17.1 Å². The van der Waals surface area contributed by atoms with Gasteiger partial charge in [0.15, 0.2) is 0 Å². The first-order valence-electron chi connectivity index (χ1n) is 10.9. The Kier molecular flexibility index (Phi) is 5.59. The van der Waals surface area contributed by atoms with Gasteiger partial charge in [0, 0.05) is 23.0 Å². The summed E-state index contributed by atoms with van der Waals surface area (Å²) in [6, 6.07) is 9.47. The molecule has 5 rings (SSSR count). The predicted molar refractivity (Wildman–Crippen MR) is 125 cm³/mol. The molecule has 0 aliphatic carbocycles. The fourth-order valence-corrected chi connectivity index (χ4v) is 4.47. The second-order valence-electron chi connectivity index (χ2n) is 8.65. The first kappa shape index (κ1) is 24.8. The van der Waals surface area contributed by atoms with Gasteiger partial charge in [0.25, 0.3) is 5.95 Å². The number of aromatic nitrogens is 5. The molecule has 0 radical (unpaired) electrons. The Morgan fingerprint density at radius 1 is 1.14 bits per heavy atom. The van der Waals surface area contributed by atoms with Crippen LogP contribution < -0.4 is 11.1 Å². The Morgan fingerprint density at radius 2 is 1.89 bits per heavy atom. The summed E-state index contributed by atoms with van der Waals surface area (Å²) in [4.78, 5) is 25.9. The van der Waals surface area contributed by atoms with Gasteiger partial charge in [-0.25, -0.2) is 0 Å². The average molecular weight is 538 g/mol. The summed E-state index contributed by atoms with van der Waals surface area (Å²) in [6.07, 6.45) is -6.38. The number of nitrogens with two attached hydrogens (primary N) is 1. The molecule has 1 aliphatic heterocycles.